The fourth-order valence-corrected chi connectivity index (χ4v) is 10.0. The zero-order valence-electron chi connectivity index (χ0n) is 21.6. The Bertz CT molecular complexity index is 778. The van der Waals surface area contributed by atoms with Crippen LogP contribution in [0.15, 0.2) is 0 Å². The summed E-state index contributed by atoms with van der Waals surface area (Å²) in [7, 11) is 0. The molecular formula is C29H48O4. The van der Waals surface area contributed by atoms with Crippen LogP contribution in [0.2, 0.25) is 0 Å². The molecule has 0 aromatic heterocycles. The van der Waals surface area contributed by atoms with Gasteiger partial charge < -0.3 is 15.3 Å². The van der Waals surface area contributed by atoms with Gasteiger partial charge in [0.15, 0.2) is 0 Å². The standard InChI is InChI=1S/C29H48O4/c1-16(20-12-17(20)2)8-11-28(4,33)24-7-6-21-26-22(15-25(32)29(21,24)5)27(3)10-9-19(30)13-18(27)14-23(26)31/h16-18,20-26,31-33H,6-15H2,1-5H3/t16?,17?,18-,20?,21+,22+,23-,24-,25-,26+,27+,28?,29+/m1/s1. The van der Waals surface area contributed by atoms with Crippen molar-refractivity contribution >= 4 is 5.78 Å². The number of fused-ring (bicyclic) bond motifs is 5. The second-order valence-corrected chi connectivity index (χ2v) is 14.0. The summed E-state index contributed by atoms with van der Waals surface area (Å²) in [5, 5.41) is 34.9. The number of ketones is 1. The van der Waals surface area contributed by atoms with Crippen LogP contribution in [0.5, 0.6) is 0 Å². The van der Waals surface area contributed by atoms with Gasteiger partial charge in [-0.1, -0.05) is 27.7 Å². The highest BCUT2D eigenvalue weighted by Crippen LogP contribution is 2.68. The number of rotatable bonds is 5. The number of aliphatic hydroxyl groups excluding tert-OH is 2. The first-order valence-corrected chi connectivity index (χ1v) is 14.0. The monoisotopic (exact) mass is 460 g/mol. The molecule has 33 heavy (non-hydrogen) atoms. The lowest BCUT2D eigenvalue weighted by molar-refractivity contribution is -0.212. The lowest BCUT2D eigenvalue weighted by atomic mass is 9.43. The molecule has 0 spiro atoms. The van der Waals surface area contributed by atoms with Gasteiger partial charge in [0.2, 0.25) is 0 Å². The van der Waals surface area contributed by atoms with E-state index in [-0.39, 0.29) is 40.4 Å². The van der Waals surface area contributed by atoms with Crippen LogP contribution < -0.4 is 0 Å². The largest absolute Gasteiger partial charge is 0.393 e. The van der Waals surface area contributed by atoms with Gasteiger partial charge in [-0.05, 0) is 111 Å². The Morgan fingerprint density at radius 1 is 1.12 bits per heavy atom. The fourth-order valence-electron chi connectivity index (χ4n) is 10.0. The lowest BCUT2D eigenvalue weighted by Gasteiger charge is -2.63. The topological polar surface area (TPSA) is 77.8 Å². The van der Waals surface area contributed by atoms with E-state index < -0.39 is 17.8 Å². The molecule has 0 heterocycles. The molecule has 4 heteroatoms. The smallest absolute Gasteiger partial charge is 0.133 e. The van der Waals surface area contributed by atoms with Gasteiger partial charge in [-0.3, -0.25) is 4.79 Å². The molecular weight excluding hydrogens is 412 g/mol. The van der Waals surface area contributed by atoms with E-state index in [1.165, 1.54) is 6.42 Å². The zero-order chi connectivity index (χ0) is 23.9. The van der Waals surface area contributed by atoms with Gasteiger partial charge in [-0.15, -0.1) is 0 Å². The van der Waals surface area contributed by atoms with Gasteiger partial charge in [-0.2, -0.15) is 0 Å². The highest BCUT2D eigenvalue weighted by molar-refractivity contribution is 5.79. The molecule has 0 radical (unpaired) electrons. The second kappa shape index (κ2) is 8.03. The van der Waals surface area contributed by atoms with E-state index in [4.69, 9.17) is 0 Å². The first kappa shape index (κ1) is 24.3. The number of carbonyl (C=O) groups is 1. The maximum absolute atomic E-state index is 12.2. The summed E-state index contributed by atoms with van der Waals surface area (Å²) in [5.41, 5.74) is -1.10. The van der Waals surface area contributed by atoms with Gasteiger partial charge in [-0.25, -0.2) is 0 Å². The highest BCUT2D eigenvalue weighted by Gasteiger charge is 2.67. The van der Waals surface area contributed by atoms with Crippen LogP contribution in [-0.2, 0) is 4.79 Å². The molecule has 0 saturated heterocycles. The Morgan fingerprint density at radius 2 is 1.82 bits per heavy atom. The van der Waals surface area contributed by atoms with Crippen molar-refractivity contribution in [2.24, 2.45) is 58.2 Å². The number of hydrogen-bond donors (Lipinski definition) is 3. The average molecular weight is 461 g/mol. The van der Waals surface area contributed by atoms with Crippen molar-refractivity contribution in [1.29, 1.82) is 0 Å². The maximum Gasteiger partial charge on any atom is 0.133 e. The van der Waals surface area contributed by atoms with Gasteiger partial charge in [0.25, 0.3) is 0 Å². The SMILES string of the molecule is CC(CCC(C)(O)[C@H]1CC[C@H]2[C@@H]3[C@H](O)C[C@H]4CC(=O)CC[C@]4(C)[C@H]3C[C@@H](O)[C@]12C)C1CC1C. The molecule has 5 saturated carbocycles. The quantitative estimate of drug-likeness (QED) is 0.541. The summed E-state index contributed by atoms with van der Waals surface area (Å²) < 4.78 is 0. The highest BCUT2D eigenvalue weighted by atomic mass is 16.3. The van der Waals surface area contributed by atoms with E-state index in [2.05, 4.69) is 27.7 Å². The van der Waals surface area contributed by atoms with Crippen molar-refractivity contribution in [2.75, 3.05) is 0 Å². The van der Waals surface area contributed by atoms with Crippen molar-refractivity contribution in [3.05, 3.63) is 0 Å². The first-order valence-electron chi connectivity index (χ1n) is 14.0. The molecule has 5 fully saturated rings. The minimum absolute atomic E-state index is 0.0388. The summed E-state index contributed by atoms with van der Waals surface area (Å²) in [6.45, 7) is 11.3. The van der Waals surface area contributed by atoms with E-state index in [1.807, 2.05) is 6.92 Å². The number of carbonyl (C=O) groups excluding carboxylic acids is 1. The van der Waals surface area contributed by atoms with Crippen molar-refractivity contribution in [1.82, 2.24) is 0 Å². The van der Waals surface area contributed by atoms with E-state index in [0.29, 0.717) is 31.0 Å². The summed E-state index contributed by atoms with van der Waals surface area (Å²) in [4.78, 5) is 12.2. The zero-order valence-corrected chi connectivity index (χ0v) is 21.6. The van der Waals surface area contributed by atoms with Gasteiger partial charge >= 0.3 is 0 Å². The molecule has 0 bridgehead atoms. The van der Waals surface area contributed by atoms with Gasteiger partial charge in [0, 0.05) is 18.3 Å². The van der Waals surface area contributed by atoms with Crippen LogP contribution in [0, 0.1) is 58.2 Å². The average Bonchev–Trinajstić information content (AvgIpc) is 3.36. The Balaban J connectivity index is 1.37. The Morgan fingerprint density at radius 3 is 2.48 bits per heavy atom. The third kappa shape index (κ3) is 3.68. The van der Waals surface area contributed by atoms with Crippen LogP contribution in [0.25, 0.3) is 0 Å². The molecule has 3 N–H and O–H groups in total. The normalized spacial score (nSPS) is 54.1. The molecule has 5 aliphatic carbocycles. The van der Waals surface area contributed by atoms with Crippen LogP contribution in [0.3, 0.4) is 0 Å². The third-order valence-corrected chi connectivity index (χ3v) is 12.4. The molecule has 5 rings (SSSR count). The summed E-state index contributed by atoms with van der Waals surface area (Å²) >= 11 is 0. The summed E-state index contributed by atoms with van der Waals surface area (Å²) in [6.07, 6.45) is 7.85. The molecule has 0 amide bonds. The second-order valence-electron chi connectivity index (χ2n) is 14.0. The van der Waals surface area contributed by atoms with Crippen LogP contribution in [-0.4, -0.2) is 38.9 Å². The minimum Gasteiger partial charge on any atom is -0.393 e. The van der Waals surface area contributed by atoms with Crippen LogP contribution >= 0.6 is 0 Å². The summed E-state index contributed by atoms with van der Waals surface area (Å²) in [5.74, 6) is 3.67. The number of Topliss-reactive ketones (excluding diaryl/α,β-unsaturated/α-hetero) is 1. The van der Waals surface area contributed by atoms with E-state index in [9.17, 15) is 20.1 Å². The maximum atomic E-state index is 12.2. The molecule has 0 aliphatic heterocycles. The Labute approximate surface area is 200 Å². The number of hydrogen-bond acceptors (Lipinski definition) is 4. The van der Waals surface area contributed by atoms with Gasteiger partial charge in [0.1, 0.15) is 5.78 Å². The molecule has 5 aliphatic rings. The molecule has 4 nitrogen and oxygen atoms in total. The van der Waals surface area contributed by atoms with Crippen molar-refractivity contribution in [3.8, 4) is 0 Å². The van der Waals surface area contributed by atoms with Gasteiger partial charge in [0.05, 0.1) is 17.8 Å². The van der Waals surface area contributed by atoms with Crippen molar-refractivity contribution < 1.29 is 20.1 Å². The Kier molecular flexibility index (Phi) is 5.90. The van der Waals surface area contributed by atoms with Crippen molar-refractivity contribution in [2.45, 2.75) is 117 Å². The lowest BCUT2D eigenvalue weighted by Crippen LogP contribution is -2.63. The predicted octanol–water partition coefficient (Wildman–Crippen LogP) is 4.98. The molecule has 0 aromatic rings. The van der Waals surface area contributed by atoms with E-state index in [0.717, 1.165) is 50.4 Å². The molecule has 188 valence electrons. The van der Waals surface area contributed by atoms with Crippen molar-refractivity contribution in [3.63, 3.8) is 0 Å². The predicted molar refractivity (Wildman–Crippen MR) is 129 cm³/mol. The molecule has 4 unspecified atom stereocenters. The summed E-state index contributed by atoms with van der Waals surface area (Å²) in [6, 6.07) is 0. The fraction of sp³-hybridized carbons (Fsp3) is 0.966. The molecule has 0 aromatic carbocycles. The van der Waals surface area contributed by atoms with Crippen LogP contribution in [0.4, 0.5) is 0 Å². The first-order chi connectivity index (χ1) is 15.4. The van der Waals surface area contributed by atoms with Crippen LogP contribution in [0.1, 0.15) is 98.8 Å². The Hall–Kier alpha value is -0.450. The minimum atomic E-state index is -0.785. The van der Waals surface area contributed by atoms with E-state index in [1.54, 1.807) is 0 Å². The number of aliphatic hydroxyl groups is 3. The third-order valence-electron chi connectivity index (χ3n) is 12.4. The van der Waals surface area contributed by atoms with E-state index >= 15 is 0 Å². The molecule has 13 atom stereocenters.